The summed E-state index contributed by atoms with van der Waals surface area (Å²) in [6.45, 7) is 2.18. The van der Waals surface area contributed by atoms with E-state index in [9.17, 15) is 0 Å². The summed E-state index contributed by atoms with van der Waals surface area (Å²) < 4.78 is 5.96. The second-order valence-electron chi connectivity index (χ2n) is 15.4. The molecule has 0 fully saturated rings. The number of thiophene rings is 2. The van der Waals surface area contributed by atoms with Gasteiger partial charge in [0.25, 0.3) is 0 Å². The molecule has 0 aliphatic rings. The van der Waals surface area contributed by atoms with Crippen LogP contribution in [-0.4, -0.2) is 25.2 Å². The molecule has 0 unspecified atom stereocenters. The molecule has 0 bridgehead atoms. The lowest BCUT2D eigenvalue weighted by atomic mass is 10.0. The minimum Gasteiger partial charge on any atom is -0.397 e. The molecule has 4 aromatic heterocycles. The topological polar surface area (TPSA) is 93.5 Å². The van der Waals surface area contributed by atoms with Gasteiger partial charge in [0, 0.05) is 69.0 Å². The summed E-state index contributed by atoms with van der Waals surface area (Å²) in [5.41, 5.74) is 15.8. The van der Waals surface area contributed by atoms with Crippen molar-refractivity contribution in [2.24, 2.45) is 0 Å². The molecule has 12 rings (SSSR count). The molecule has 0 saturated heterocycles. The van der Waals surface area contributed by atoms with E-state index in [0.717, 1.165) is 48.4 Å². The van der Waals surface area contributed by atoms with Gasteiger partial charge < -0.3 is 10.3 Å². The monoisotopic (exact) mass is 846 g/mol. The third-order valence-electron chi connectivity index (χ3n) is 11.5. The fourth-order valence-corrected chi connectivity index (χ4v) is 10.8. The molecule has 12 aromatic rings. The number of nitrogen functional groups attached to an aromatic ring is 1. The molecule has 3 N–H and O–H groups in total. The van der Waals surface area contributed by atoms with E-state index in [-0.39, 0.29) is 0 Å². The average Bonchev–Trinajstić information content (AvgIpc) is 4.01. The van der Waals surface area contributed by atoms with Gasteiger partial charge in [-0.05, 0) is 55.0 Å². The minimum atomic E-state index is 0.495. The van der Waals surface area contributed by atoms with Crippen LogP contribution in [0.4, 0.5) is 5.69 Å². The average molecular weight is 847 g/mol. The highest BCUT2D eigenvalue weighted by Crippen LogP contribution is 2.42. The summed E-state index contributed by atoms with van der Waals surface area (Å²) >= 11 is 3.39. The number of hydrogen-bond donors (Lipinski definition) is 2. The number of nitrogens with two attached hydrogens (primary N) is 1. The lowest BCUT2D eigenvalue weighted by molar-refractivity contribution is 1.08. The number of aryl methyl sites for hydroxylation is 1. The zero-order valence-electron chi connectivity index (χ0n) is 34.2. The number of nitrogens with zero attached hydrogens (tertiary/aromatic N) is 4. The number of benzene rings is 8. The summed E-state index contributed by atoms with van der Waals surface area (Å²) in [5, 5.41) is 14.2. The van der Waals surface area contributed by atoms with Gasteiger partial charge in [-0.25, -0.2) is 15.0 Å². The van der Waals surface area contributed by atoms with Gasteiger partial charge in [-0.1, -0.05) is 152 Å². The molecule has 4 heterocycles. The van der Waals surface area contributed by atoms with Crippen LogP contribution in [0.5, 0.6) is 0 Å². The Balaban J connectivity index is 0.000000206. The van der Waals surface area contributed by atoms with Crippen LogP contribution in [0.3, 0.4) is 0 Å². The maximum Gasteiger partial charge on any atom is 0.164 e. The number of anilines is 1. The molecular formula is C55H38N6S2. The van der Waals surface area contributed by atoms with E-state index < -0.39 is 0 Å². The normalized spacial score (nSPS) is 11.4. The fourth-order valence-electron chi connectivity index (χ4n) is 8.52. The molecule has 0 aliphatic heterocycles. The van der Waals surface area contributed by atoms with Crippen LogP contribution < -0.4 is 5.73 Å². The van der Waals surface area contributed by atoms with Crippen LogP contribution in [-0.2, 0) is 0 Å². The first-order valence-electron chi connectivity index (χ1n) is 20.7. The zero-order valence-corrected chi connectivity index (χ0v) is 35.8. The number of nitrogens with one attached hydrogen (secondary N) is 1. The molecule has 0 atom stereocenters. The molecule has 0 aliphatic carbocycles. The van der Waals surface area contributed by atoms with Crippen LogP contribution >= 0.6 is 22.7 Å². The Kier molecular flexibility index (Phi) is 9.64. The van der Waals surface area contributed by atoms with Crippen LogP contribution in [0.25, 0.3) is 91.9 Å². The first-order valence-corrected chi connectivity index (χ1v) is 22.4. The Hall–Kier alpha value is -7.78. The molecule has 0 amide bonds. The SMILES string of the molecule is Cc1cccc2sc3cccc(-c4nc(-c5ccccc5)nc(-c5ccc6c7ccccc7n(-c7ccccc7)c6c5)n4)c3c12.N=C(c1ccccc1)c1sc2ccccc2c1N. The van der Waals surface area contributed by atoms with Crippen molar-refractivity contribution in [2.45, 2.75) is 6.92 Å². The van der Waals surface area contributed by atoms with E-state index in [1.165, 1.54) is 42.0 Å². The van der Waals surface area contributed by atoms with Gasteiger partial charge in [0.05, 0.1) is 27.3 Å². The van der Waals surface area contributed by atoms with Crippen molar-refractivity contribution in [2.75, 3.05) is 5.73 Å². The Labute approximate surface area is 371 Å². The maximum absolute atomic E-state index is 8.27. The molecule has 300 valence electrons. The fraction of sp³-hybridized carbons (Fsp3) is 0.0182. The largest absolute Gasteiger partial charge is 0.397 e. The Morgan fingerprint density at radius 2 is 1.08 bits per heavy atom. The van der Waals surface area contributed by atoms with Gasteiger partial charge in [-0.15, -0.1) is 22.7 Å². The van der Waals surface area contributed by atoms with Gasteiger partial charge in [0.2, 0.25) is 0 Å². The quantitative estimate of drug-likeness (QED) is 0.163. The van der Waals surface area contributed by atoms with Crippen molar-refractivity contribution >= 4 is 86.1 Å². The van der Waals surface area contributed by atoms with Gasteiger partial charge in [-0.3, -0.25) is 5.41 Å². The Bertz CT molecular complexity index is 3660. The Morgan fingerprint density at radius 3 is 1.84 bits per heavy atom. The van der Waals surface area contributed by atoms with Crippen LogP contribution in [0.15, 0.2) is 194 Å². The number of fused-ring (bicyclic) bond motifs is 7. The molecule has 63 heavy (non-hydrogen) atoms. The van der Waals surface area contributed by atoms with E-state index in [1.54, 1.807) is 11.3 Å². The second-order valence-corrected chi connectivity index (χ2v) is 17.5. The van der Waals surface area contributed by atoms with Crippen LogP contribution in [0.1, 0.15) is 16.0 Å². The molecule has 0 spiro atoms. The maximum atomic E-state index is 8.27. The van der Waals surface area contributed by atoms with E-state index in [2.05, 4.69) is 133 Å². The van der Waals surface area contributed by atoms with E-state index >= 15 is 0 Å². The molecule has 0 radical (unpaired) electrons. The van der Waals surface area contributed by atoms with Gasteiger partial charge in [0.15, 0.2) is 17.5 Å². The van der Waals surface area contributed by atoms with Gasteiger partial charge in [0.1, 0.15) is 0 Å². The highest BCUT2D eigenvalue weighted by Gasteiger charge is 2.20. The highest BCUT2D eigenvalue weighted by molar-refractivity contribution is 7.26. The first kappa shape index (κ1) is 38.2. The lowest BCUT2D eigenvalue weighted by Gasteiger charge is -2.11. The predicted molar refractivity (Wildman–Crippen MR) is 267 cm³/mol. The third kappa shape index (κ3) is 6.82. The summed E-state index contributed by atoms with van der Waals surface area (Å²) in [6.07, 6.45) is 0. The third-order valence-corrected chi connectivity index (χ3v) is 13.8. The standard InChI is InChI=1S/C40H26N4S.C15H12N2S/c1-25-12-10-20-34-36(25)37-31(18-11-21-35(37)45-34)40-42-38(26-13-4-2-5-14-26)41-39(43-40)27-22-23-30-29-17-8-9-19-32(29)44(33(30)24-27)28-15-6-3-7-16-28;16-13(10-6-2-1-3-7-10)15-14(17)11-8-4-5-9-12(11)18-15/h2-24H,1H3;1-9,16H,17H2. The summed E-state index contributed by atoms with van der Waals surface area (Å²) in [6, 6.07) is 66.5. The molecule has 8 heteroatoms. The zero-order chi connectivity index (χ0) is 42.4. The summed E-state index contributed by atoms with van der Waals surface area (Å²) in [4.78, 5) is 16.2. The molecular weight excluding hydrogens is 809 g/mol. The van der Waals surface area contributed by atoms with Crippen LogP contribution in [0.2, 0.25) is 0 Å². The first-order chi connectivity index (χ1) is 31.0. The van der Waals surface area contributed by atoms with Crippen molar-refractivity contribution in [1.29, 1.82) is 5.41 Å². The van der Waals surface area contributed by atoms with E-state index in [4.69, 9.17) is 26.1 Å². The van der Waals surface area contributed by atoms with Gasteiger partial charge in [-0.2, -0.15) is 0 Å². The van der Waals surface area contributed by atoms with Crippen LogP contribution in [0, 0.1) is 12.3 Å². The van der Waals surface area contributed by atoms with Gasteiger partial charge >= 0.3 is 0 Å². The molecule has 6 nitrogen and oxygen atoms in total. The van der Waals surface area contributed by atoms with Crippen molar-refractivity contribution in [1.82, 2.24) is 19.5 Å². The minimum absolute atomic E-state index is 0.495. The molecule has 0 saturated carbocycles. The van der Waals surface area contributed by atoms with E-state index in [1.807, 2.05) is 84.1 Å². The second kappa shape index (κ2) is 15.9. The number of aromatic nitrogens is 4. The Morgan fingerprint density at radius 1 is 0.492 bits per heavy atom. The van der Waals surface area contributed by atoms with Crippen molar-refractivity contribution in [3.63, 3.8) is 0 Å². The molecule has 8 aromatic carbocycles. The summed E-state index contributed by atoms with van der Waals surface area (Å²) in [5.74, 6) is 1.99. The van der Waals surface area contributed by atoms with E-state index in [0.29, 0.717) is 28.9 Å². The van der Waals surface area contributed by atoms with Crippen molar-refractivity contribution < 1.29 is 0 Å². The number of rotatable bonds is 6. The summed E-state index contributed by atoms with van der Waals surface area (Å²) in [7, 11) is 0. The number of para-hydroxylation sites is 2. The number of hydrogen-bond acceptors (Lipinski definition) is 7. The predicted octanol–water partition coefficient (Wildman–Crippen LogP) is 14.5. The van der Waals surface area contributed by atoms with Crippen molar-refractivity contribution in [3.8, 4) is 39.9 Å². The lowest BCUT2D eigenvalue weighted by Crippen LogP contribution is -2.01. The smallest absolute Gasteiger partial charge is 0.164 e. The van der Waals surface area contributed by atoms with Crippen molar-refractivity contribution in [3.05, 3.63) is 210 Å². The highest BCUT2D eigenvalue weighted by atomic mass is 32.1.